The summed E-state index contributed by atoms with van der Waals surface area (Å²) >= 11 is 0. The highest BCUT2D eigenvalue weighted by molar-refractivity contribution is 6.08. The number of amides is 3. The van der Waals surface area contributed by atoms with Crippen molar-refractivity contribution < 1.29 is 19.5 Å². The second-order valence-electron chi connectivity index (χ2n) is 8.27. The lowest BCUT2D eigenvalue weighted by Crippen LogP contribution is -2.53. The number of nitrogens with zero attached hydrogens (tertiary/aromatic N) is 1. The van der Waals surface area contributed by atoms with Crippen molar-refractivity contribution in [1.82, 2.24) is 15.5 Å². The minimum atomic E-state index is -1.19. The zero-order chi connectivity index (χ0) is 20.5. The maximum absolute atomic E-state index is 13.2. The highest BCUT2D eigenvalue weighted by Gasteiger charge is 2.45. The molecule has 0 spiro atoms. The Kier molecular flexibility index (Phi) is 5.56. The van der Waals surface area contributed by atoms with Gasteiger partial charge in [0.25, 0.3) is 5.91 Å². The Bertz CT molecular complexity index is 821. The van der Waals surface area contributed by atoms with Crippen molar-refractivity contribution in [3.05, 3.63) is 29.3 Å². The fraction of sp³-hybridized carbons (Fsp3) is 0.571. The lowest BCUT2D eigenvalue weighted by atomic mass is 9.86. The van der Waals surface area contributed by atoms with Crippen LogP contribution in [-0.2, 0) is 9.59 Å². The van der Waals surface area contributed by atoms with Crippen molar-refractivity contribution in [3.63, 3.8) is 0 Å². The van der Waals surface area contributed by atoms with E-state index in [0.717, 1.165) is 32.5 Å². The number of nitrogens with one attached hydrogen (secondary N) is 3. The predicted octanol–water partition coefficient (Wildman–Crippen LogP) is 0.986. The molecule has 1 aromatic carbocycles. The van der Waals surface area contributed by atoms with Crippen LogP contribution in [0.25, 0.3) is 0 Å². The number of aliphatic hydroxyl groups excluding tert-OH is 1. The van der Waals surface area contributed by atoms with Crippen LogP contribution in [0, 0.1) is 11.8 Å². The topological polar surface area (TPSA) is 111 Å². The average Bonchev–Trinajstić information content (AvgIpc) is 2.98. The van der Waals surface area contributed by atoms with Gasteiger partial charge in [-0.05, 0) is 50.3 Å². The van der Waals surface area contributed by atoms with Crippen LogP contribution < -0.4 is 16.0 Å². The highest BCUT2D eigenvalue weighted by atomic mass is 16.3. The molecular weight excluding hydrogens is 372 g/mol. The molecule has 3 amide bonds. The molecule has 2 fully saturated rings. The van der Waals surface area contributed by atoms with Gasteiger partial charge >= 0.3 is 0 Å². The third kappa shape index (κ3) is 3.74. The van der Waals surface area contributed by atoms with Gasteiger partial charge < -0.3 is 15.7 Å². The zero-order valence-electron chi connectivity index (χ0n) is 16.6. The van der Waals surface area contributed by atoms with Gasteiger partial charge in [-0.15, -0.1) is 0 Å². The third-order valence-electron chi connectivity index (χ3n) is 6.44. The van der Waals surface area contributed by atoms with Gasteiger partial charge in [0.2, 0.25) is 11.8 Å². The number of rotatable bonds is 5. The molecule has 8 heteroatoms. The van der Waals surface area contributed by atoms with Gasteiger partial charge in [0.1, 0.15) is 6.04 Å². The first kappa shape index (κ1) is 19.8. The normalized spacial score (nSPS) is 26.3. The molecular formula is C21H28N4O4. The highest BCUT2D eigenvalue weighted by Crippen LogP contribution is 2.39. The van der Waals surface area contributed by atoms with Crippen LogP contribution in [0.1, 0.15) is 54.8 Å². The van der Waals surface area contributed by atoms with Crippen LogP contribution >= 0.6 is 0 Å². The van der Waals surface area contributed by atoms with E-state index < -0.39 is 18.2 Å². The van der Waals surface area contributed by atoms with Crippen LogP contribution in [0.15, 0.2) is 18.2 Å². The fourth-order valence-electron chi connectivity index (χ4n) is 4.67. The average molecular weight is 400 g/mol. The standard InChI is InChI=1S/C21H28N4O4/c1-12(13-7-9-22-10-8-13)11-23-15-4-2-3-14-18(15)21(29)25(20(14)28)16-5-6-17(26)24-19(16)27/h2-4,12-13,16,20,22-23,28H,5-11H2,1H3,(H,24,26,27)/t12-,16?,20?/m0/s1. The Morgan fingerprint density at radius 2 is 1.97 bits per heavy atom. The number of carbonyl (C=O) groups excluding carboxylic acids is 3. The maximum Gasteiger partial charge on any atom is 0.259 e. The molecule has 0 aromatic heterocycles. The summed E-state index contributed by atoms with van der Waals surface area (Å²) in [6, 6.07) is 4.52. The quantitative estimate of drug-likeness (QED) is 0.549. The van der Waals surface area contributed by atoms with Gasteiger partial charge in [0, 0.05) is 24.2 Å². The van der Waals surface area contributed by atoms with E-state index in [1.165, 1.54) is 4.90 Å². The summed E-state index contributed by atoms with van der Waals surface area (Å²) in [5.74, 6) is -0.156. The minimum Gasteiger partial charge on any atom is -0.384 e. The maximum atomic E-state index is 13.2. The first-order chi connectivity index (χ1) is 14.0. The van der Waals surface area contributed by atoms with E-state index in [9.17, 15) is 19.5 Å². The van der Waals surface area contributed by atoms with Crippen LogP contribution in [0.3, 0.4) is 0 Å². The Balaban J connectivity index is 1.51. The summed E-state index contributed by atoms with van der Waals surface area (Å²) in [4.78, 5) is 38.0. The molecule has 8 nitrogen and oxygen atoms in total. The van der Waals surface area contributed by atoms with E-state index in [4.69, 9.17) is 0 Å². The van der Waals surface area contributed by atoms with Gasteiger partial charge in [0.05, 0.1) is 5.56 Å². The number of anilines is 1. The van der Waals surface area contributed by atoms with E-state index in [1.54, 1.807) is 12.1 Å². The largest absolute Gasteiger partial charge is 0.384 e. The molecule has 3 heterocycles. The van der Waals surface area contributed by atoms with Crippen LogP contribution in [-0.4, -0.2) is 53.4 Å². The molecule has 156 valence electrons. The van der Waals surface area contributed by atoms with Gasteiger partial charge in [-0.2, -0.15) is 0 Å². The summed E-state index contributed by atoms with van der Waals surface area (Å²) in [6.07, 6.45) is 1.48. The molecule has 3 aliphatic rings. The van der Waals surface area contributed by atoms with Crippen LogP contribution in [0.4, 0.5) is 5.69 Å². The number of fused-ring (bicyclic) bond motifs is 1. The van der Waals surface area contributed by atoms with Crippen molar-refractivity contribution in [1.29, 1.82) is 0 Å². The molecule has 4 rings (SSSR count). The minimum absolute atomic E-state index is 0.155. The molecule has 4 N–H and O–H groups in total. The van der Waals surface area contributed by atoms with Crippen molar-refractivity contribution in [3.8, 4) is 0 Å². The van der Waals surface area contributed by atoms with E-state index in [2.05, 4.69) is 22.9 Å². The summed E-state index contributed by atoms with van der Waals surface area (Å²) in [5.41, 5.74) is 1.60. The van der Waals surface area contributed by atoms with Gasteiger partial charge in [-0.1, -0.05) is 19.1 Å². The monoisotopic (exact) mass is 400 g/mol. The molecule has 0 saturated carbocycles. The van der Waals surface area contributed by atoms with Crippen molar-refractivity contribution in [2.24, 2.45) is 11.8 Å². The second kappa shape index (κ2) is 8.12. The number of aliphatic hydroxyl groups is 1. The lowest BCUT2D eigenvalue weighted by molar-refractivity contribution is -0.139. The number of carbonyl (C=O) groups is 3. The summed E-state index contributed by atoms with van der Waals surface area (Å²) < 4.78 is 0. The number of imide groups is 1. The summed E-state index contributed by atoms with van der Waals surface area (Å²) in [6.45, 7) is 5.05. The predicted molar refractivity (Wildman–Crippen MR) is 107 cm³/mol. The first-order valence-electron chi connectivity index (χ1n) is 10.4. The van der Waals surface area contributed by atoms with Crippen molar-refractivity contribution >= 4 is 23.4 Å². The molecule has 0 radical (unpaired) electrons. The second-order valence-corrected chi connectivity index (χ2v) is 8.27. The molecule has 2 unspecified atom stereocenters. The molecule has 1 aromatic rings. The molecule has 0 aliphatic carbocycles. The number of hydrogen-bond donors (Lipinski definition) is 4. The van der Waals surface area contributed by atoms with E-state index in [1.807, 2.05) is 6.07 Å². The van der Waals surface area contributed by atoms with Crippen molar-refractivity contribution in [2.45, 2.75) is 44.9 Å². The van der Waals surface area contributed by atoms with Crippen LogP contribution in [0.5, 0.6) is 0 Å². The number of benzene rings is 1. The van der Waals surface area contributed by atoms with Gasteiger partial charge in [-0.25, -0.2) is 0 Å². The fourth-order valence-corrected chi connectivity index (χ4v) is 4.67. The van der Waals surface area contributed by atoms with E-state index >= 15 is 0 Å². The zero-order valence-corrected chi connectivity index (χ0v) is 16.6. The Morgan fingerprint density at radius 1 is 1.21 bits per heavy atom. The molecule has 29 heavy (non-hydrogen) atoms. The van der Waals surface area contributed by atoms with Crippen molar-refractivity contribution in [2.75, 3.05) is 25.0 Å². The Labute approximate surface area is 170 Å². The summed E-state index contributed by atoms with van der Waals surface area (Å²) in [5, 5.41) is 19.8. The number of piperidine rings is 2. The molecule has 3 aliphatic heterocycles. The summed E-state index contributed by atoms with van der Waals surface area (Å²) in [7, 11) is 0. The smallest absolute Gasteiger partial charge is 0.259 e. The Hall–Kier alpha value is -2.45. The molecule has 3 atom stereocenters. The van der Waals surface area contributed by atoms with Crippen LogP contribution in [0.2, 0.25) is 0 Å². The van der Waals surface area contributed by atoms with E-state index in [-0.39, 0.29) is 24.7 Å². The molecule has 0 bridgehead atoms. The Morgan fingerprint density at radius 3 is 2.69 bits per heavy atom. The van der Waals surface area contributed by atoms with Gasteiger partial charge in [-0.3, -0.25) is 24.6 Å². The number of hydrogen-bond acceptors (Lipinski definition) is 6. The van der Waals surface area contributed by atoms with Gasteiger partial charge in [0.15, 0.2) is 6.23 Å². The SMILES string of the molecule is C[C@@H](CNc1cccc2c1C(=O)N(C1CCC(=O)NC1=O)C2O)C1CCNCC1. The third-order valence-corrected chi connectivity index (χ3v) is 6.44. The first-order valence-corrected chi connectivity index (χ1v) is 10.4. The van der Waals surface area contributed by atoms with E-state index in [0.29, 0.717) is 28.7 Å². The lowest BCUT2D eigenvalue weighted by Gasteiger charge is -2.31. The molecule has 2 saturated heterocycles.